The first-order valence-electron chi connectivity index (χ1n) is 4.94. The lowest BCUT2D eigenvalue weighted by Crippen LogP contribution is -2.37. The van der Waals surface area contributed by atoms with Crippen molar-refractivity contribution in [2.75, 3.05) is 6.26 Å². The molecule has 0 heterocycles. The van der Waals surface area contributed by atoms with Crippen LogP contribution in [0.25, 0.3) is 0 Å². The minimum absolute atomic E-state index is 0.294. The topological polar surface area (TPSA) is 54.4 Å². The highest BCUT2D eigenvalue weighted by Crippen LogP contribution is 2.40. The van der Waals surface area contributed by atoms with Gasteiger partial charge >= 0.3 is 0 Å². The highest BCUT2D eigenvalue weighted by atomic mass is 79.9. The van der Waals surface area contributed by atoms with E-state index in [0.717, 1.165) is 6.26 Å². The summed E-state index contributed by atoms with van der Waals surface area (Å²) < 4.78 is 22.1. The number of aliphatic hydroxyl groups excluding tert-OH is 1. The fourth-order valence-electron chi connectivity index (χ4n) is 1.54. The van der Waals surface area contributed by atoms with Crippen LogP contribution in [-0.2, 0) is 9.84 Å². The van der Waals surface area contributed by atoms with E-state index in [1.807, 2.05) is 6.07 Å². The second kappa shape index (κ2) is 4.85. The molecule has 0 aliphatic rings. The van der Waals surface area contributed by atoms with Gasteiger partial charge in [-0.25, -0.2) is 8.42 Å². The monoisotopic (exact) mass is 306 g/mol. The molecule has 0 unspecified atom stereocenters. The first-order valence-corrected chi connectivity index (χ1v) is 7.63. The third-order valence-corrected chi connectivity index (χ3v) is 7.13. The van der Waals surface area contributed by atoms with Crippen molar-refractivity contribution in [1.29, 1.82) is 0 Å². The van der Waals surface area contributed by atoms with Crippen molar-refractivity contribution in [3.05, 3.63) is 35.9 Å². The summed E-state index contributed by atoms with van der Waals surface area (Å²) in [6.07, 6.45) is 0.341. The zero-order valence-electron chi connectivity index (χ0n) is 9.22. The largest absolute Gasteiger partial charge is 0.386 e. The lowest BCUT2D eigenvalue weighted by molar-refractivity contribution is 0.160. The molecular weight excluding hydrogens is 292 g/mol. The zero-order chi connectivity index (χ0) is 12.4. The molecule has 16 heavy (non-hydrogen) atoms. The van der Waals surface area contributed by atoms with Crippen molar-refractivity contribution in [2.24, 2.45) is 0 Å². The molecule has 0 aliphatic carbocycles. The van der Waals surface area contributed by atoms with Crippen molar-refractivity contribution < 1.29 is 13.5 Å². The van der Waals surface area contributed by atoms with Gasteiger partial charge in [0.05, 0.1) is 0 Å². The van der Waals surface area contributed by atoms with E-state index in [1.54, 1.807) is 31.2 Å². The molecule has 0 amide bonds. The summed E-state index contributed by atoms with van der Waals surface area (Å²) in [4.78, 5) is 0. The van der Waals surface area contributed by atoms with E-state index < -0.39 is 19.6 Å². The molecule has 1 rings (SSSR count). The Labute approximate surface area is 105 Å². The van der Waals surface area contributed by atoms with Gasteiger partial charge in [0.2, 0.25) is 0 Å². The number of benzene rings is 1. The lowest BCUT2D eigenvalue weighted by atomic mass is 10.1. The van der Waals surface area contributed by atoms with Crippen molar-refractivity contribution in [3.8, 4) is 0 Å². The Morgan fingerprint density at radius 2 is 1.88 bits per heavy atom. The van der Waals surface area contributed by atoms with Crippen LogP contribution in [0.3, 0.4) is 0 Å². The molecule has 2 atom stereocenters. The van der Waals surface area contributed by atoms with Crippen LogP contribution in [0.2, 0.25) is 0 Å². The number of rotatable bonds is 4. The van der Waals surface area contributed by atoms with Gasteiger partial charge in [-0.15, -0.1) is 0 Å². The fourth-order valence-corrected chi connectivity index (χ4v) is 2.87. The lowest BCUT2D eigenvalue weighted by Gasteiger charge is -2.29. The average Bonchev–Trinajstić information content (AvgIpc) is 2.26. The minimum atomic E-state index is -3.40. The van der Waals surface area contributed by atoms with Crippen LogP contribution in [0.1, 0.15) is 25.0 Å². The number of aliphatic hydroxyl groups is 1. The summed E-state index contributed by atoms with van der Waals surface area (Å²) in [5.74, 6) is 0. The number of hydrogen-bond acceptors (Lipinski definition) is 3. The van der Waals surface area contributed by atoms with E-state index in [2.05, 4.69) is 15.9 Å². The minimum Gasteiger partial charge on any atom is -0.386 e. The molecule has 0 aliphatic heterocycles. The van der Waals surface area contributed by atoms with E-state index >= 15 is 0 Å². The van der Waals surface area contributed by atoms with E-state index in [4.69, 9.17) is 0 Å². The third-order valence-electron chi connectivity index (χ3n) is 2.62. The van der Waals surface area contributed by atoms with Gasteiger partial charge in [-0.2, -0.15) is 0 Å². The average molecular weight is 307 g/mol. The molecule has 1 N–H and O–H groups in total. The normalized spacial score (nSPS) is 17.8. The molecule has 3 nitrogen and oxygen atoms in total. The maximum absolute atomic E-state index is 11.7. The summed E-state index contributed by atoms with van der Waals surface area (Å²) in [6, 6.07) is 8.77. The Morgan fingerprint density at radius 1 is 1.38 bits per heavy atom. The number of hydrogen-bond donors (Lipinski definition) is 1. The molecule has 0 spiro atoms. The van der Waals surface area contributed by atoms with E-state index in [1.165, 1.54) is 0 Å². The number of sulfone groups is 1. The molecule has 0 fully saturated rings. The fraction of sp³-hybridized carbons (Fsp3) is 0.455. The first-order chi connectivity index (χ1) is 7.33. The Kier molecular flexibility index (Phi) is 4.15. The van der Waals surface area contributed by atoms with E-state index in [-0.39, 0.29) is 0 Å². The van der Waals surface area contributed by atoms with Crippen molar-refractivity contribution in [1.82, 2.24) is 0 Å². The SMILES string of the molecule is CC[C@@](Br)([C@@H](O)c1ccccc1)S(C)(=O)=O. The van der Waals surface area contributed by atoms with Crippen LogP contribution < -0.4 is 0 Å². The third kappa shape index (κ3) is 2.47. The summed E-state index contributed by atoms with van der Waals surface area (Å²) >= 11 is 3.17. The van der Waals surface area contributed by atoms with Gasteiger partial charge in [0, 0.05) is 6.26 Å². The van der Waals surface area contributed by atoms with Gasteiger partial charge in [0.25, 0.3) is 0 Å². The molecule has 0 aromatic heterocycles. The van der Waals surface area contributed by atoms with Crippen molar-refractivity contribution in [3.63, 3.8) is 0 Å². The van der Waals surface area contributed by atoms with Gasteiger partial charge in [0.15, 0.2) is 13.5 Å². The van der Waals surface area contributed by atoms with Crippen LogP contribution in [0, 0.1) is 0 Å². The molecule has 0 saturated carbocycles. The Balaban J connectivity index is 3.18. The molecule has 90 valence electrons. The maximum atomic E-state index is 11.7. The first kappa shape index (κ1) is 13.7. The van der Waals surface area contributed by atoms with Crippen molar-refractivity contribution >= 4 is 25.8 Å². The van der Waals surface area contributed by atoms with Gasteiger partial charge in [-0.3, -0.25) is 0 Å². The highest BCUT2D eigenvalue weighted by Gasteiger charge is 2.44. The summed E-state index contributed by atoms with van der Waals surface area (Å²) in [5, 5.41) is 10.1. The smallest absolute Gasteiger partial charge is 0.166 e. The van der Waals surface area contributed by atoms with Gasteiger partial charge in [0.1, 0.15) is 6.10 Å². The van der Waals surface area contributed by atoms with Crippen molar-refractivity contribution in [2.45, 2.75) is 23.1 Å². The molecule has 5 heteroatoms. The highest BCUT2D eigenvalue weighted by molar-refractivity contribution is 9.11. The Bertz CT molecular complexity index is 444. The zero-order valence-corrected chi connectivity index (χ0v) is 11.6. The van der Waals surface area contributed by atoms with E-state index in [9.17, 15) is 13.5 Å². The molecule has 0 bridgehead atoms. The maximum Gasteiger partial charge on any atom is 0.166 e. The van der Waals surface area contributed by atoms with E-state index in [0.29, 0.717) is 12.0 Å². The van der Waals surface area contributed by atoms with Crippen LogP contribution in [0.5, 0.6) is 0 Å². The molecule has 0 saturated heterocycles. The van der Waals surface area contributed by atoms with Gasteiger partial charge in [-0.05, 0) is 12.0 Å². The molecular formula is C11H15BrO3S. The quantitative estimate of drug-likeness (QED) is 0.868. The van der Waals surface area contributed by atoms with Crippen LogP contribution in [0.4, 0.5) is 0 Å². The summed E-state index contributed by atoms with van der Waals surface area (Å²) in [5.41, 5.74) is 0.589. The number of alkyl halides is 1. The molecule has 0 radical (unpaired) electrons. The summed E-state index contributed by atoms with van der Waals surface area (Å²) in [7, 11) is -3.40. The van der Waals surface area contributed by atoms with Crippen LogP contribution >= 0.6 is 15.9 Å². The predicted molar refractivity (Wildman–Crippen MR) is 68.2 cm³/mol. The standard InChI is InChI=1S/C11H15BrO3S/c1-3-11(12,16(2,14)15)10(13)9-7-5-4-6-8-9/h4-8,10,13H,3H2,1-2H3/t10-,11-/m0/s1. The van der Waals surface area contributed by atoms with Crippen LogP contribution in [0.15, 0.2) is 30.3 Å². The second-order valence-electron chi connectivity index (χ2n) is 3.73. The Morgan fingerprint density at radius 3 is 2.25 bits per heavy atom. The summed E-state index contributed by atoms with van der Waals surface area (Å²) in [6.45, 7) is 1.72. The van der Waals surface area contributed by atoms with Crippen LogP contribution in [-0.4, -0.2) is 23.4 Å². The Hall–Kier alpha value is -0.390. The predicted octanol–water partition coefficient (Wildman–Crippen LogP) is 2.27. The van der Waals surface area contributed by atoms with Gasteiger partial charge < -0.3 is 5.11 Å². The number of halogens is 1. The molecule has 1 aromatic rings. The van der Waals surface area contributed by atoms with Gasteiger partial charge in [-0.1, -0.05) is 53.2 Å². The second-order valence-corrected chi connectivity index (χ2v) is 7.94. The molecule has 1 aromatic carbocycles.